The molecule has 1 aromatic carbocycles. The van der Waals surface area contributed by atoms with Crippen LogP contribution in [0.25, 0.3) is 0 Å². The molecule has 0 unspecified atom stereocenters. The first-order valence-electron chi connectivity index (χ1n) is 5.99. The van der Waals surface area contributed by atoms with E-state index in [1.807, 2.05) is 0 Å². The van der Waals surface area contributed by atoms with Gasteiger partial charge >= 0.3 is 0 Å². The number of benzene rings is 1. The minimum atomic E-state index is -0.496. The molecular formula is C13H12FN3O2. The molecule has 0 atom stereocenters. The van der Waals surface area contributed by atoms with Gasteiger partial charge in [-0.2, -0.15) is 4.98 Å². The van der Waals surface area contributed by atoms with Crippen LogP contribution < -0.4 is 0 Å². The number of aromatic nitrogens is 2. The number of carbonyl (C=O) groups excluding carboxylic acids is 1. The van der Waals surface area contributed by atoms with Crippen LogP contribution in [0.2, 0.25) is 0 Å². The SMILES string of the molecule is Cc1noc(C2CN(C(=O)c3ccccc3F)C2)n1. The van der Waals surface area contributed by atoms with E-state index in [1.165, 1.54) is 12.1 Å². The first-order valence-corrected chi connectivity index (χ1v) is 5.99. The molecule has 19 heavy (non-hydrogen) atoms. The molecule has 1 amide bonds. The van der Waals surface area contributed by atoms with Gasteiger partial charge in [0, 0.05) is 13.1 Å². The lowest BCUT2D eigenvalue weighted by atomic mass is 9.98. The van der Waals surface area contributed by atoms with Gasteiger partial charge in [-0.3, -0.25) is 4.79 Å². The third-order valence-electron chi connectivity index (χ3n) is 3.17. The van der Waals surface area contributed by atoms with Gasteiger partial charge in [0.25, 0.3) is 5.91 Å². The molecule has 3 rings (SSSR count). The second kappa shape index (κ2) is 4.46. The third kappa shape index (κ3) is 2.09. The molecule has 0 radical (unpaired) electrons. The number of likely N-dealkylation sites (tertiary alicyclic amines) is 1. The maximum Gasteiger partial charge on any atom is 0.256 e. The molecule has 98 valence electrons. The number of halogens is 1. The summed E-state index contributed by atoms with van der Waals surface area (Å²) in [7, 11) is 0. The minimum Gasteiger partial charge on any atom is -0.339 e. The Morgan fingerprint density at radius 3 is 2.79 bits per heavy atom. The van der Waals surface area contributed by atoms with Gasteiger partial charge in [0.2, 0.25) is 5.89 Å². The summed E-state index contributed by atoms with van der Waals surface area (Å²) in [5.74, 6) is 0.371. The zero-order valence-corrected chi connectivity index (χ0v) is 10.3. The second-order valence-electron chi connectivity index (χ2n) is 4.57. The van der Waals surface area contributed by atoms with Gasteiger partial charge in [-0.15, -0.1) is 0 Å². The van der Waals surface area contributed by atoms with E-state index in [0.29, 0.717) is 24.8 Å². The van der Waals surface area contributed by atoms with Gasteiger partial charge in [-0.25, -0.2) is 4.39 Å². The molecule has 0 spiro atoms. The summed E-state index contributed by atoms with van der Waals surface area (Å²) >= 11 is 0. The Morgan fingerprint density at radius 2 is 2.16 bits per heavy atom. The molecular weight excluding hydrogens is 249 g/mol. The normalized spacial score (nSPS) is 15.4. The Kier molecular flexibility index (Phi) is 2.77. The molecule has 0 saturated carbocycles. The van der Waals surface area contributed by atoms with Crippen LogP contribution in [0, 0.1) is 12.7 Å². The molecule has 0 bridgehead atoms. The standard InChI is InChI=1S/C13H12FN3O2/c1-8-15-12(19-16-8)9-6-17(7-9)13(18)10-4-2-3-5-11(10)14/h2-5,9H,6-7H2,1H3. The van der Waals surface area contributed by atoms with Crippen LogP contribution in [0.15, 0.2) is 28.8 Å². The van der Waals surface area contributed by atoms with Gasteiger partial charge in [-0.1, -0.05) is 17.3 Å². The fraction of sp³-hybridized carbons (Fsp3) is 0.308. The van der Waals surface area contributed by atoms with Gasteiger partial charge in [0.05, 0.1) is 11.5 Å². The minimum absolute atomic E-state index is 0.0527. The predicted molar refractivity (Wildman–Crippen MR) is 64.1 cm³/mol. The van der Waals surface area contributed by atoms with Crippen LogP contribution in [0.5, 0.6) is 0 Å². The Morgan fingerprint density at radius 1 is 1.42 bits per heavy atom. The summed E-state index contributed by atoms with van der Waals surface area (Å²) in [6, 6.07) is 5.98. The van der Waals surface area contributed by atoms with E-state index in [1.54, 1.807) is 24.0 Å². The van der Waals surface area contributed by atoms with E-state index in [4.69, 9.17) is 4.52 Å². The summed E-state index contributed by atoms with van der Waals surface area (Å²) in [6.45, 7) is 2.71. The van der Waals surface area contributed by atoms with E-state index in [-0.39, 0.29) is 17.4 Å². The fourth-order valence-corrected chi connectivity index (χ4v) is 2.08. The lowest BCUT2D eigenvalue weighted by molar-refractivity contribution is 0.0564. The van der Waals surface area contributed by atoms with E-state index in [0.717, 1.165) is 0 Å². The second-order valence-corrected chi connectivity index (χ2v) is 4.57. The third-order valence-corrected chi connectivity index (χ3v) is 3.17. The fourth-order valence-electron chi connectivity index (χ4n) is 2.08. The van der Waals surface area contributed by atoms with Crippen LogP contribution in [0.3, 0.4) is 0 Å². The Hall–Kier alpha value is -2.24. The molecule has 1 aliphatic rings. The topological polar surface area (TPSA) is 59.2 Å². The first-order chi connectivity index (χ1) is 9.15. The summed E-state index contributed by atoms with van der Waals surface area (Å²) in [4.78, 5) is 17.7. The van der Waals surface area contributed by atoms with Crippen LogP contribution in [0.1, 0.15) is 28.0 Å². The van der Waals surface area contributed by atoms with E-state index < -0.39 is 5.82 Å². The summed E-state index contributed by atoms with van der Waals surface area (Å²) in [5, 5.41) is 3.71. The van der Waals surface area contributed by atoms with Crippen molar-refractivity contribution >= 4 is 5.91 Å². The highest BCUT2D eigenvalue weighted by molar-refractivity contribution is 5.95. The maximum atomic E-state index is 13.5. The average molecular weight is 261 g/mol. The van der Waals surface area contributed by atoms with E-state index in [9.17, 15) is 9.18 Å². The summed E-state index contributed by atoms with van der Waals surface area (Å²) in [6.07, 6.45) is 0. The zero-order valence-electron chi connectivity index (χ0n) is 10.3. The van der Waals surface area contributed by atoms with Crippen molar-refractivity contribution < 1.29 is 13.7 Å². The van der Waals surface area contributed by atoms with Crippen molar-refractivity contribution in [1.29, 1.82) is 0 Å². The Bertz CT molecular complexity index is 620. The lowest BCUT2D eigenvalue weighted by Crippen LogP contribution is -2.48. The summed E-state index contributed by atoms with van der Waals surface area (Å²) in [5.41, 5.74) is 0.0997. The molecule has 6 heteroatoms. The number of aryl methyl sites for hydroxylation is 1. The number of rotatable bonds is 2. The largest absolute Gasteiger partial charge is 0.339 e. The Balaban J connectivity index is 1.68. The predicted octanol–water partition coefficient (Wildman–Crippen LogP) is 1.76. The number of hydrogen-bond donors (Lipinski definition) is 0. The average Bonchev–Trinajstić information content (AvgIpc) is 2.74. The molecule has 2 aromatic rings. The van der Waals surface area contributed by atoms with Crippen molar-refractivity contribution in [3.05, 3.63) is 47.4 Å². The van der Waals surface area contributed by atoms with Gasteiger partial charge in [0.15, 0.2) is 5.82 Å². The molecule has 0 N–H and O–H groups in total. The van der Waals surface area contributed by atoms with Crippen molar-refractivity contribution in [2.45, 2.75) is 12.8 Å². The van der Waals surface area contributed by atoms with Gasteiger partial charge in [-0.05, 0) is 19.1 Å². The van der Waals surface area contributed by atoms with E-state index in [2.05, 4.69) is 10.1 Å². The highest BCUT2D eigenvalue weighted by atomic mass is 19.1. The molecule has 1 fully saturated rings. The van der Waals surface area contributed by atoms with Crippen LogP contribution >= 0.6 is 0 Å². The number of carbonyl (C=O) groups is 1. The molecule has 1 aliphatic heterocycles. The smallest absolute Gasteiger partial charge is 0.256 e. The van der Waals surface area contributed by atoms with Crippen molar-refractivity contribution in [2.75, 3.05) is 13.1 Å². The Labute approximate surface area is 109 Å². The number of nitrogens with zero attached hydrogens (tertiary/aromatic N) is 3. The van der Waals surface area contributed by atoms with Crippen molar-refractivity contribution in [3.63, 3.8) is 0 Å². The molecule has 1 aromatic heterocycles. The van der Waals surface area contributed by atoms with E-state index >= 15 is 0 Å². The first kappa shape index (κ1) is 11.8. The quantitative estimate of drug-likeness (QED) is 0.826. The molecule has 2 heterocycles. The molecule has 1 saturated heterocycles. The van der Waals surface area contributed by atoms with Crippen molar-refractivity contribution in [2.24, 2.45) is 0 Å². The summed E-state index contributed by atoms with van der Waals surface area (Å²) < 4.78 is 18.5. The maximum absolute atomic E-state index is 13.5. The zero-order chi connectivity index (χ0) is 13.4. The highest BCUT2D eigenvalue weighted by Gasteiger charge is 2.36. The van der Waals surface area contributed by atoms with Crippen LogP contribution in [-0.4, -0.2) is 34.0 Å². The van der Waals surface area contributed by atoms with Gasteiger partial charge in [0.1, 0.15) is 5.82 Å². The lowest BCUT2D eigenvalue weighted by Gasteiger charge is -2.37. The number of hydrogen-bond acceptors (Lipinski definition) is 4. The van der Waals surface area contributed by atoms with Crippen LogP contribution in [0.4, 0.5) is 4.39 Å². The van der Waals surface area contributed by atoms with Gasteiger partial charge < -0.3 is 9.42 Å². The number of amides is 1. The van der Waals surface area contributed by atoms with Crippen molar-refractivity contribution in [3.8, 4) is 0 Å². The van der Waals surface area contributed by atoms with Crippen LogP contribution in [-0.2, 0) is 0 Å². The molecule has 5 nitrogen and oxygen atoms in total. The highest BCUT2D eigenvalue weighted by Crippen LogP contribution is 2.27. The molecule has 0 aliphatic carbocycles. The van der Waals surface area contributed by atoms with Crippen molar-refractivity contribution in [1.82, 2.24) is 15.0 Å². The monoisotopic (exact) mass is 261 g/mol.